The Kier molecular flexibility index (Phi) is 5.15. The molecule has 1 aromatic heterocycles. The Labute approximate surface area is 142 Å². The smallest absolute Gasteiger partial charge is 0.312 e. The van der Waals surface area contributed by atoms with Crippen LogP contribution in [0.3, 0.4) is 0 Å². The first-order valence-corrected chi connectivity index (χ1v) is 7.82. The fraction of sp³-hybridized carbons (Fsp3) is 0.333. The van der Waals surface area contributed by atoms with E-state index in [2.05, 4.69) is 26.3 Å². The summed E-state index contributed by atoms with van der Waals surface area (Å²) in [5.74, 6) is -0.256. The summed E-state index contributed by atoms with van der Waals surface area (Å²) in [6.07, 6.45) is 0. The molecule has 7 nitrogen and oxygen atoms in total. The lowest BCUT2D eigenvalue weighted by Crippen LogP contribution is -2.31. The van der Waals surface area contributed by atoms with Gasteiger partial charge in [0, 0.05) is 4.47 Å². The zero-order chi connectivity index (χ0) is 17.1. The Morgan fingerprint density at radius 1 is 1.43 bits per heavy atom. The van der Waals surface area contributed by atoms with Crippen LogP contribution in [0.5, 0.6) is 0 Å². The number of aromatic nitrogens is 2. The van der Waals surface area contributed by atoms with Crippen LogP contribution in [0.1, 0.15) is 29.9 Å². The van der Waals surface area contributed by atoms with Gasteiger partial charge in [0.15, 0.2) is 0 Å². The van der Waals surface area contributed by atoms with E-state index >= 15 is 0 Å². The van der Waals surface area contributed by atoms with Gasteiger partial charge in [-0.3, -0.25) is 19.6 Å². The quantitative estimate of drug-likeness (QED) is 0.637. The number of rotatable bonds is 5. The van der Waals surface area contributed by atoms with Gasteiger partial charge in [-0.05, 0) is 32.4 Å². The topological polar surface area (TPSA) is 90.1 Å². The second-order valence-corrected chi connectivity index (χ2v) is 6.10. The molecule has 0 fully saturated rings. The summed E-state index contributed by atoms with van der Waals surface area (Å²) >= 11 is 3.45. The van der Waals surface area contributed by atoms with Gasteiger partial charge in [-0.25, -0.2) is 0 Å². The molecule has 0 bridgehead atoms. The summed E-state index contributed by atoms with van der Waals surface area (Å²) in [7, 11) is 0. The lowest BCUT2D eigenvalue weighted by atomic mass is 10.1. The van der Waals surface area contributed by atoms with Crippen LogP contribution in [0.15, 0.2) is 28.7 Å². The SMILES string of the molecule is Cc1nn(CC(=O)NC(C)c2ccccc2Br)c(C)c1[N+](=O)[O-]. The average Bonchev–Trinajstić information content (AvgIpc) is 2.73. The molecule has 1 N–H and O–H groups in total. The number of hydrogen-bond acceptors (Lipinski definition) is 4. The molecule has 1 heterocycles. The first kappa shape index (κ1) is 17.1. The largest absolute Gasteiger partial charge is 0.348 e. The van der Waals surface area contributed by atoms with Crippen molar-refractivity contribution in [2.24, 2.45) is 0 Å². The highest BCUT2D eigenvalue weighted by Crippen LogP contribution is 2.23. The zero-order valence-electron chi connectivity index (χ0n) is 13.0. The van der Waals surface area contributed by atoms with Gasteiger partial charge in [0.25, 0.3) is 0 Å². The lowest BCUT2D eigenvalue weighted by molar-refractivity contribution is -0.386. The molecule has 1 unspecified atom stereocenters. The standard InChI is InChI=1S/C15H17BrN4O3/c1-9(12-6-4-5-7-13(12)16)17-14(21)8-19-11(3)15(20(22)23)10(2)18-19/h4-7,9H,8H2,1-3H3,(H,17,21). The first-order chi connectivity index (χ1) is 10.8. The van der Waals surface area contributed by atoms with Gasteiger partial charge in [-0.1, -0.05) is 34.1 Å². The van der Waals surface area contributed by atoms with Crippen LogP contribution < -0.4 is 5.32 Å². The van der Waals surface area contributed by atoms with Crippen LogP contribution in [-0.2, 0) is 11.3 Å². The van der Waals surface area contributed by atoms with Gasteiger partial charge in [0.2, 0.25) is 5.91 Å². The summed E-state index contributed by atoms with van der Waals surface area (Å²) < 4.78 is 2.27. The molecular formula is C15H17BrN4O3. The fourth-order valence-corrected chi connectivity index (χ4v) is 3.06. The highest BCUT2D eigenvalue weighted by atomic mass is 79.9. The van der Waals surface area contributed by atoms with Crippen molar-refractivity contribution >= 4 is 27.5 Å². The van der Waals surface area contributed by atoms with E-state index in [0.29, 0.717) is 11.4 Å². The number of hydrogen-bond donors (Lipinski definition) is 1. The van der Waals surface area contributed by atoms with Gasteiger partial charge in [-0.2, -0.15) is 5.10 Å². The number of halogens is 1. The molecule has 0 spiro atoms. The molecule has 1 aromatic carbocycles. The third-order valence-corrected chi connectivity index (χ3v) is 4.29. The van der Waals surface area contributed by atoms with Crippen molar-refractivity contribution in [1.29, 1.82) is 0 Å². The predicted octanol–water partition coefficient (Wildman–Crippen LogP) is 3.05. The maximum Gasteiger partial charge on any atom is 0.312 e. The van der Waals surface area contributed by atoms with Gasteiger partial charge in [-0.15, -0.1) is 0 Å². The predicted molar refractivity (Wildman–Crippen MR) is 89.1 cm³/mol. The summed E-state index contributed by atoms with van der Waals surface area (Å²) in [4.78, 5) is 22.7. The molecule has 1 atom stereocenters. The maximum absolute atomic E-state index is 12.2. The van der Waals surface area contributed by atoms with Crippen molar-refractivity contribution in [2.75, 3.05) is 0 Å². The van der Waals surface area contributed by atoms with E-state index in [1.807, 2.05) is 31.2 Å². The van der Waals surface area contributed by atoms with Crippen molar-refractivity contribution in [3.8, 4) is 0 Å². The number of carbonyl (C=O) groups is 1. The fourth-order valence-electron chi connectivity index (χ4n) is 2.43. The first-order valence-electron chi connectivity index (χ1n) is 7.03. The van der Waals surface area contributed by atoms with Crippen LogP contribution in [-0.4, -0.2) is 20.6 Å². The van der Waals surface area contributed by atoms with E-state index in [4.69, 9.17) is 0 Å². The molecule has 2 aromatic rings. The summed E-state index contributed by atoms with van der Waals surface area (Å²) in [5, 5.41) is 17.9. The monoisotopic (exact) mass is 380 g/mol. The van der Waals surface area contributed by atoms with Gasteiger partial charge in [0.05, 0.1) is 11.0 Å². The summed E-state index contributed by atoms with van der Waals surface area (Å²) in [5.41, 5.74) is 1.59. The van der Waals surface area contributed by atoms with Crippen molar-refractivity contribution < 1.29 is 9.72 Å². The molecular weight excluding hydrogens is 364 g/mol. The Morgan fingerprint density at radius 2 is 2.09 bits per heavy atom. The van der Waals surface area contributed by atoms with E-state index in [1.54, 1.807) is 13.8 Å². The second-order valence-electron chi connectivity index (χ2n) is 5.24. The molecule has 0 aliphatic heterocycles. The molecule has 0 radical (unpaired) electrons. The second kappa shape index (κ2) is 6.91. The van der Waals surface area contributed by atoms with E-state index in [9.17, 15) is 14.9 Å². The third kappa shape index (κ3) is 3.76. The highest BCUT2D eigenvalue weighted by molar-refractivity contribution is 9.10. The van der Waals surface area contributed by atoms with E-state index < -0.39 is 4.92 Å². The number of amides is 1. The van der Waals surface area contributed by atoms with Crippen LogP contribution in [0, 0.1) is 24.0 Å². The van der Waals surface area contributed by atoms with Gasteiger partial charge in [0.1, 0.15) is 17.9 Å². The molecule has 23 heavy (non-hydrogen) atoms. The molecule has 0 saturated carbocycles. The number of nitrogens with zero attached hydrogens (tertiary/aromatic N) is 3. The molecule has 0 saturated heterocycles. The number of benzene rings is 1. The Hall–Kier alpha value is -2.22. The molecule has 8 heteroatoms. The van der Waals surface area contributed by atoms with Crippen LogP contribution in [0.2, 0.25) is 0 Å². The zero-order valence-corrected chi connectivity index (χ0v) is 14.6. The van der Waals surface area contributed by atoms with Crippen molar-refractivity contribution in [1.82, 2.24) is 15.1 Å². The van der Waals surface area contributed by atoms with Gasteiger partial charge >= 0.3 is 5.69 Å². The minimum Gasteiger partial charge on any atom is -0.348 e. The minimum absolute atomic E-state index is 0.0448. The van der Waals surface area contributed by atoms with Crippen LogP contribution in [0.25, 0.3) is 0 Å². The Bertz CT molecular complexity index is 757. The number of nitrogens with one attached hydrogen (secondary N) is 1. The van der Waals surface area contributed by atoms with E-state index in [1.165, 1.54) is 4.68 Å². The molecule has 0 aliphatic carbocycles. The van der Waals surface area contributed by atoms with Crippen LogP contribution in [0.4, 0.5) is 5.69 Å². The molecule has 122 valence electrons. The number of carbonyl (C=O) groups excluding carboxylic acids is 1. The van der Waals surface area contributed by atoms with E-state index in [-0.39, 0.29) is 24.2 Å². The number of aryl methyl sites for hydroxylation is 1. The number of nitro groups is 1. The Morgan fingerprint density at radius 3 is 2.65 bits per heavy atom. The van der Waals surface area contributed by atoms with Crippen molar-refractivity contribution in [3.05, 3.63) is 55.8 Å². The summed E-state index contributed by atoms with van der Waals surface area (Å²) in [6, 6.07) is 7.43. The third-order valence-electron chi connectivity index (χ3n) is 3.57. The Balaban J connectivity index is 2.10. The highest BCUT2D eigenvalue weighted by Gasteiger charge is 2.23. The molecule has 2 rings (SSSR count). The normalized spacial score (nSPS) is 12.0. The van der Waals surface area contributed by atoms with Crippen molar-refractivity contribution in [2.45, 2.75) is 33.4 Å². The maximum atomic E-state index is 12.2. The van der Waals surface area contributed by atoms with Crippen LogP contribution >= 0.6 is 15.9 Å². The van der Waals surface area contributed by atoms with Gasteiger partial charge < -0.3 is 5.32 Å². The minimum atomic E-state index is -0.476. The van der Waals surface area contributed by atoms with E-state index in [0.717, 1.165) is 10.0 Å². The lowest BCUT2D eigenvalue weighted by Gasteiger charge is -2.16. The molecule has 1 amide bonds. The average molecular weight is 381 g/mol. The summed E-state index contributed by atoms with van der Waals surface area (Å²) in [6.45, 7) is 4.96. The van der Waals surface area contributed by atoms with Crippen molar-refractivity contribution in [3.63, 3.8) is 0 Å². The molecule has 0 aliphatic rings.